The van der Waals surface area contributed by atoms with Crippen molar-refractivity contribution in [3.05, 3.63) is 103 Å². The van der Waals surface area contributed by atoms with E-state index in [-0.39, 0.29) is 11.5 Å². The number of aryl methyl sites for hydroxylation is 3. The number of aromatic carboxylic acids is 1. The van der Waals surface area contributed by atoms with Gasteiger partial charge in [-0.2, -0.15) is 5.10 Å². The van der Waals surface area contributed by atoms with E-state index >= 15 is 0 Å². The van der Waals surface area contributed by atoms with Gasteiger partial charge in [-0.15, -0.1) is 0 Å². The zero-order valence-electron chi connectivity index (χ0n) is 28.9. The number of allylic oxidation sites excluding steroid dienone is 1. The fourth-order valence-corrected chi connectivity index (χ4v) is 7.35. The molecular formula is C39H42Cl2N4O5. The van der Waals surface area contributed by atoms with Crippen LogP contribution in [0.4, 0.5) is 5.69 Å². The molecule has 1 amide bonds. The minimum absolute atomic E-state index is 0.151. The van der Waals surface area contributed by atoms with E-state index in [1.807, 2.05) is 45.0 Å². The number of rotatable bonds is 12. The molecule has 0 spiro atoms. The van der Waals surface area contributed by atoms with Crippen molar-refractivity contribution in [3.63, 3.8) is 0 Å². The summed E-state index contributed by atoms with van der Waals surface area (Å²) in [5, 5.41) is 18.6. The second kappa shape index (κ2) is 15.4. The Bertz CT molecular complexity index is 1940. The van der Waals surface area contributed by atoms with Crippen molar-refractivity contribution in [1.29, 1.82) is 0 Å². The average molecular weight is 718 g/mol. The minimum atomic E-state index is -1.02. The molecule has 2 heterocycles. The third-order valence-electron chi connectivity index (χ3n) is 9.58. The van der Waals surface area contributed by atoms with Crippen LogP contribution in [0.1, 0.15) is 56.8 Å². The van der Waals surface area contributed by atoms with Crippen LogP contribution in [0.15, 0.2) is 54.1 Å². The van der Waals surface area contributed by atoms with Crippen molar-refractivity contribution < 1.29 is 24.2 Å². The van der Waals surface area contributed by atoms with E-state index in [0.29, 0.717) is 42.2 Å². The first-order chi connectivity index (χ1) is 24.0. The second-order valence-corrected chi connectivity index (χ2v) is 13.8. The molecule has 11 heteroatoms. The monoisotopic (exact) mass is 716 g/mol. The predicted molar refractivity (Wildman–Crippen MR) is 198 cm³/mol. The molecule has 2 aliphatic rings. The number of carbonyl (C=O) groups is 2. The Morgan fingerprint density at radius 1 is 0.960 bits per heavy atom. The van der Waals surface area contributed by atoms with Gasteiger partial charge in [0.25, 0.3) is 5.91 Å². The fourth-order valence-electron chi connectivity index (χ4n) is 6.97. The number of nitrogens with zero attached hydrogens (tertiary/aromatic N) is 3. The van der Waals surface area contributed by atoms with E-state index in [1.54, 1.807) is 12.1 Å². The quantitative estimate of drug-likeness (QED) is 0.144. The lowest BCUT2D eigenvalue weighted by Gasteiger charge is -2.26. The summed E-state index contributed by atoms with van der Waals surface area (Å²) in [6.45, 7) is 13.4. The zero-order chi connectivity index (χ0) is 35.5. The summed E-state index contributed by atoms with van der Waals surface area (Å²) in [6.07, 6.45) is 1.68. The molecule has 0 unspecified atom stereocenters. The maximum Gasteiger partial charge on any atom is 0.335 e. The summed E-state index contributed by atoms with van der Waals surface area (Å²) < 4.78 is 13.7. The molecule has 4 aromatic rings. The van der Waals surface area contributed by atoms with Gasteiger partial charge in [0.15, 0.2) is 0 Å². The summed E-state index contributed by atoms with van der Waals surface area (Å²) in [7, 11) is 0. The molecule has 50 heavy (non-hydrogen) atoms. The highest BCUT2D eigenvalue weighted by atomic mass is 35.5. The van der Waals surface area contributed by atoms with E-state index < -0.39 is 5.97 Å². The maximum atomic E-state index is 14.0. The number of benzene rings is 3. The van der Waals surface area contributed by atoms with Crippen molar-refractivity contribution in [2.24, 2.45) is 0 Å². The third-order valence-corrected chi connectivity index (χ3v) is 10.5. The van der Waals surface area contributed by atoms with Crippen LogP contribution >= 0.6 is 23.2 Å². The lowest BCUT2D eigenvalue weighted by molar-refractivity contribution is -0.112. The van der Waals surface area contributed by atoms with Crippen molar-refractivity contribution in [1.82, 2.24) is 14.7 Å². The van der Waals surface area contributed by atoms with Crippen LogP contribution in [0.3, 0.4) is 0 Å². The van der Waals surface area contributed by atoms with Crippen LogP contribution in [0.5, 0.6) is 5.75 Å². The molecule has 262 valence electrons. The maximum absolute atomic E-state index is 14.0. The van der Waals surface area contributed by atoms with Gasteiger partial charge in [0.2, 0.25) is 0 Å². The SMILES string of the molecule is Cc1cc(OCCCC2=C(C(=O)Nc3ccc(C(=O)O)cc3)Cc3c2ccc(Cl)c3-c2c(C)nn(CCN3CCOCC3)c2C)cc(C)c1Cl. The number of aromatic nitrogens is 2. The van der Waals surface area contributed by atoms with Crippen molar-refractivity contribution >= 4 is 46.3 Å². The number of carboxylic acids is 1. The number of anilines is 1. The highest BCUT2D eigenvalue weighted by Gasteiger charge is 2.31. The van der Waals surface area contributed by atoms with E-state index in [2.05, 4.69) is 21.8 Å². The molecule has 1 saturated heterocycles. The van der Waals surface area contributed by atoms with Gasteiger partial charge >= 0.3 is 5.97 Å². The summed E-state index contributed by atoms with van der Waals surface area (Å²) in [6, 6.07) is 14.0. The Kier molecular flexibility index (Phi) is 11.0. The van der Waals surface area contributed by atoms with E-state index in [9.17, 15) is 14.7 Å². The number of amides is 1. The minimum Gasteiger partial charge on any atom is -0.494 e. The van der Waals surface area contributed by atoms with Gasteiger partial charge in [-0.25, -0.2) is 4.79 Å². The van der Waals surface area contributed by atoms with Crippen LogP contribution in [-0.4, -0.2) is 71.1 Å². The molecule has 9 nitrogen and oxygen atoms in total. The van der Waals surface area contributed by atoms with E-state index in [1.165, 1.54) is 12.1 Å². The molecule has 2 N–H and O–H groups in total. The van der Waals surface area contributed by atoms with Crippen LogP contribution in [0, 0.1) is 27.7 Å². The molecular weight excluding hydrogens is 675 g/mol. The van der Waals surface area contributed by atoms with Crippen LogP contribution in [0.25, 0.3) is 16.7 Å². The van der Waals surface area contributed by atoms with Gasteiger partial charge in [0.1, 0.15) is 5.75 Å². The van der Waals surface area contributed by atoms with Crippen molar-refractivity contribution in [2.45, 2.75) is 53.5 Å². The number of fused-ring (bicyclic) bond motifs is 1. The molecule has 1 aliphatic carbocycles. The Morgan fingerprint density at radius 2 is 1.66 bits per heavy atom. The topological polar surface area (TPSA) is 106 Å². The third kappa shape index (κ3) is 7.61. The Hall–Kier alpha value is -4.15. The average Bonchev–Trinajstić information content (AvgIpc) is 3.61. The lowest BCUT2D eigenvalue weighted by atomic mass is 9.93. The molecule has 0 bridgehead atoms. The Labute approximate surface area is 302 Å². The van der Waals surface area contributed by atoms with Gasteiger partial charge in [-0.05, 0) is 111 Å². The number of halogens is 2. The first kappa shape index (κ1) is 35.7. The first-order valence-corrected chi connectivity index (χ1v) is 17.7. The summed E-state index contributed by atoms with van der Waals surface area (Å²) in [4.78, 5) is 27.8. The number of nitrogens with one attached hydrogen (secondary N) is 1. The lowest BCUT2D eigenvalue weighted by Crippen LogP contribution is -2.38. The smallest absolute Gasteiger partial charge is 0.335 e. The molecule has 0 saturated carbocycles. The van der Waals surface area contributed by atoms with Gasteiger partial charge in [-0.3, -0.25) is 14.4 Å². The largest absolute Gasteiger partial charge is 0.494 e. The van der Waals surface area contributed by atoms with Gasteiger partial charge in [-0.1, -0.05) is 29.3 Å². The van der Waals surface area contributed by atoms with Crippen LogP contribution in [0.2, 0.25) is 10.0 Å². The van der Waals surface area contributed by atoms with E-state index in [0.717, 1.165) is 101 Å². The number of hydrogen-bond acceptors (Lipinski definition) is 6. The highest BCUT2D eigenvalue weighted by molar-refractivity contribution is 6.34. The number of ether oxygens (including phenoxy) is 2. The summed E-state index contributed by atoms with van der Waals surface area (Å²) in [5.41, 5.74) is 10.0. The normalized spacial score (nSPS) is 14.6. The van der Waals surface area contributed by atoms with Crippen molar-refractivity contribution in [3.8, 4) is 16.9 Å². The summed E-state index contributed by atoms with van der Waals surface area (Å²) in [5.74, 6) is -0.496. The van der Waals surface area contributed by atoms with Gasteiger partial charge in [0, 0.05) is 64.2 Å². The molecule has 0 radical (unpaired) electrons. The predicted octanol–water partition coefficient (Wildman–Crippen LogP) is 7.93. The number of hydrogen-bond donors (Lipinski definition) is 2. The number of carboxylic acid groups (broad SMARTS) is 1. The van der Waals surface area contributed by atoms with Crippen LogP contribution in [-0.2, 0) is 22.5 Å². The summed E-state index contributed by atoms with van der Waals surface area (Å²) >= 11 is 13.4. The second-order valence-electron chi connectivity index (χ2n) is 13.0. The zero-order valence-corrected chi connectivity index (χ0v) is 30.4. The molecule has 1 fully saturated rings. The molecule has 1 aromatic heterocycles. The Morgan fingerprint density at radius 3 is 2.34 bits per heavy atom. The highest BCUT2D eigenvalue weighted by Crippen LogP contribution is 2.46. The molecule has 3 aromatic carbocycles. The number of morpholine rings is 1. The van der Waals surface area contributed by atoms with E-state index in [4.69, 9.17) is 37.8 Å². The molecule has 6 rings (SSSR count). The van der Waals surface area contributed by atoms with Gasteiger partial charge < -0.3 is 19.9 Å². The fraction of sp³-hybridized carbons (Fsp3) is 0.359. The Balaban J connectivity index is 1.29. The van der Waals surface area contributed by atoms with Gasteiger partial charge in [0.05, 0.1) is 37.6 Å². The van der Waals surface area contributed by atoms with Crippen molar-refractivity contribution in [2.75, 3.05) is 44.8 Å². The number of carbonyl (C=O) groups excluding carboxylic acids is 1. The molecule has 0 atom stereocenters. The standard InChI is InChI=1S/C39H42Cl2N4O5/c1-23-20-29(21-24(2)37(23)41)50-17-5-6-30-31-11-12-34(40)36(35-25(3)43-45(26(35)4)14-13-44-15-18-49-19-16-44)32(31)22-33(30)38(46)42-28-9-7-27(8-10-28)39(47)48/h7-12,20-21H,5-6,13-19,22H2,1-4H3,(H,42,46)(H,47,48). The molecule has 1 aliphatic heterocycles. The first-order valence-electron chi connectivity index (χ1n) is 16.9. The van der Waals surface area contributed by atoms with Crippen LogP contribution < -0.4 is 10.1 Å².